The maximum absolute atomic E-state index is 11.5. The average Bonchev–Trinajstić information content (AvgIpc) is 2.47. The number of hydrogen-bond acceptors (Lipinski definition) is 4. The molecule has 0 aromatic heterocycles. The number of fused-ring (bicyclic) bond motifs is 1. The highest BCUT2D eigenvalue weighted by Crippen LogP contribution is 2.31. The van der Waals surface area contributed by atoms with Crippen LogP contribution in [0.2, 0.25) is 0 Å². The monoisotopic (exact) mass is 234 g/mol. The van der Waals surface area contributed by atoms with Crippen molar-refractivity contribution in [1.82, 2.24) is 5.43 Å². The van der Waals surface area contributed by atoms with Crippen LogP contribution in [-0.4, -0.2) is 25.8 Å². The fourth-order valence-electron chi connectivity index (χ4n) is 1.82. The number of carbonyl (C=O) groups excluding carboxylic acids is 1. The molecule has 2 rings (SSSR count). The first kappa shape index (κ1) is 11.4. The molecule has 0 unspecified atom stereocenters. The third-order valence-corrected chi connectivity index (χ3v) is 2.70. The van der Waals surface area contributed by atoms with Crippen molar-refractivity contribution in [1.29, 1.82) is 0 Å². The highest BCUT2D eigenvalue weighted by atomic mass is 16.5. The van der Waals surface area contributed by atoms with Gasteiger partial charge in [0.25, 0.3) is 0 Å². The summed E-state index contributed by atoms with van der Waals surface area (Å²) in [5, 5.41) is 4.00. The summed E-state index contributed by atoms with van der Waals surface area (Å²) in [5.74, 6) is 1.12. The van der Waals surface area contributed by atoms with Gasteiger partial charge in [-0.2, -0.15) is 5.10 Å². The van der Waals surface area contributed by atoms with Gasteiger partial charge in [-0.3, -0.25) is 4.79 Å². The maximum atomic E-state index is 11.5. The molecule has 1 aliphatic heterocycles. The molecule has 0 spiro atoms. The number of carbonyl (C=O) groups is 1. The first-order chi connectivity index (χ1) is 8.15. The Hall–Kier alpha value is -2.04. The first-order valence-corrected chi connectivity index (χ1v) is 5.24. The van der Waals surface area contributed by atoms with Gasteiger partial charge >= 0.3 is 0 Å². The van der Waals surface area contributed by atoms with Crippen molar-refractivity contribution in [2.45, 2.75) is 13.3 Å². The molecule has 1 amide bonds. The first-order valence-electron chi connectivity index (χ1n) is 5.24. The van der Waals surface area contributed by atoms with Crippen LogP contribution in [0, 0.1) is 0 Å². The van der Waals surface area contributed by atoms with Gasteiger partial charge in [0, 0.05) is 5.56 Å². The minimum atomic E-state index is -0.129. The molecule has 90 valence electrons. The van der Waals surface area contributed by atoms with Gasteiger partial charge in [-0.25, -0.2) is 5.43 Å². The van der Waals surface area contributed by atoms with Crippen molar-refractivity contribution in [2.24, 2.45) is 5.10 Å². The fraction of sp³-hybridized carbons (Fsp3) is 0.333. The average molecular weight is 234 g/mol. The second-order valence-corrected chi connectivity index (χ2v) is 3.77. The van der Waals surface area contributed by atoms with Gasteiger partial charge in [0.1, 0.15) is 0 Å². The van der Waals surface area contributed by atoms with Crippen molar-refractivity contribution < 1.29 is 14.3 Å². The minimum absolute atomic E-state index is 0.129. The van der Waals surface area contributed by atoms with E-state index in [0.29, 0.717) is 11.5 Å². The molecule has 0 fully saturated rings. The summed E-state index contributed by atoms with van der Waals surface area (Å²) >= 11 is 0. The van der Waals surface area contributed by atoms with E-state index in [9.17, 15) is 4.79 Å². The largest absolute Gasteiger partial charge is 0.493 e. The molecule has 1 aromatic rings. The van der Waals surface area contributed by atoms with E-state index in [1.54, 1.807) is 14.2 Å². The number of rotatable bonds is 2. The molecule has 17 heavy (non-hydrogen) atoms. The van der Waals surface area contributed by atoms with E-state index in [1.165, 1.54) is 0 Å². The predicted molar refractivity (Wildman–Crippen MR) is 63.6 cm³/mol. The van der Waals surface area contributed by atoms with Crippen LogP contribution in [0.25, 0.3) is 0 Å². The number of hydrogen-bond donors (Lipinski definition) is 1. The molecule has 1 heterocycles. The Bertz CT molecular complexity index is 495. The standard InChI is InChI=1S/C12H14N2O3/c1-7-9-6-11(17-3)10(16-2)4-8(9)5-12(15)14-13-7/h4,6H,5H2,1-3H3,(H,14,15). The quantitative estimate of drug-likeness (QED) is 0.833. The SMILES string of the molecule is COc1cc2c(cc1OC)C(C)=NNC(=O)C2. The molecule has 0 aliphatic carbocycles. The Morgan fingerprint density at radius 2 is 1.88 bits per heavy atom. The van der Waals surface area contributed by atoms with E-state index in [-0.39, 0.29) is 12.3 Å². The van der Waals surface area contributed by atoms with Gasteiger partial charge in [-0.15, -0.1) is 0 Å². The molecule has 1 aromatic carbocycles. The lowest BCUT2D eigenvalue weighted by Gasteiger charge is -2.12. The van der Waals surface area contributed by atoms with Crippen LogP contribution in [-0.2, 0) is 11.2 Å². The molecule has 1 N–H and O–H groups in total. The van der Waals surface area contributed by atoms with Gasteiger partial charge in [-0.1, -0.05) is 0 Å². The predicted octanol–water partition coefficient (Wildman–Crippen LogP) is 1.10. The van der Waals surface area contributed by atoms with E-state index >= 15 is 0 Å². The molecule has 0 saturated heterocycles. The fourth-order valence-corrected chi connectivity index (χ4v) is 1.82. The van der Waals surface area contributed by atoms with Crippen LogP contribution in [0.15, 0.2) is 17.2 Å². The molecule has 0 saturated carbocycles. The van der Waals surface area contributed by atoms with Crippen molar-refractivity contribution in [3.8, 4) is 11.5 Å². The number of nitrogens with one attached hydrogen (secondary N) is 1. The van der Waals surface area contributed by atoms with Crippen LogP contribution in [0.3, 0.4) is 0 Å². The smallest absolute Gasteiger partial charge is 0.244 e. The van der Waals surface area contributed by atoms with E-state index in [1.807, 2.05) is 19.1 Å². The Labute approximate surface area is 99.4 Å². The van der Waals surface area contributed by atoms with E-state index in [4.69, 9.17) is 9.47 Å². The number of nitrogens with zero attached hydrogens (tertiary/aromatic N) is 1. The summed E-state index contributed by atoms with van der Waals surface area (Å²) < 4.78 is 10.4. The van der Waals surface area contributed by atoms with Crippen LogP contribution in [0.1, 0.15) is 18.1 Å². The zero-order valence-electron chi connectivity index (χ0n) is 10.0. The molecular weight excluding hydrogens is 220 g/mol. The van der Waals surface area contributed by atoms with Gasteiger partial charge < -0.3 is 9.47 Å². The summed E-state index contributed by atoms with van der Waals surface area (Å²) in [6.07, 6.45) is 0.288. The van der Waals surface area contributed by atoms with Gasteiger partial charge in [0.05, 0.1) is 26.4 Å². The number of benzene rings is 1. The van der Waals surface area contributed by atoms with Crippen LogP contribution >= 0.6 is 0 Å². The van der Waals surface area contributed by atoms with E-state index in [2.05, 4.69) is 10.5 Å². The highest BCUT2D eigenvalue weighted by Gasteiger charge is 2.18. The summed E-state index contributed by atoms with van der Waals surface area (Å²) in [6.45, 7) is 1.84. The zero-order valence-corrected chi connectivity index (χ0v) is 10.0. The minimum Gasteiger partial charge on any atom is -0.493 e. The van der Waals surface area contributed by atoms with Crippen molar-refractivity contribution in [3.05, 3.63) is 23.3 Å². The molecule has 0 bridgehead atoms. The van der Waals surface area contributed by atoms with Crippen molar-refractivity contribution in [3.63, 3.8) is 0 Å². The summed E-state index contributed by atoms with van der Waals surface area (Å²) in [6, 6.07) is 3.66. The Balaban J connectivity index is 2.59. The lowest BCUT2D eigenvalue weighted by Crippen LogP contribution is -2.17. The van der Waals surface area contributed by atoms with E-state index < -0.39 is 0 Å². The van der Waals surface area contributed by atoms with Gasteiger partial charge in [-0.05, 0) is 24.6 Å². The normalized spacial score (nSPS) is 14.3. The topological polar surface area (TPSA) is 59.9 Å². The number of methoxy groups -OCH3 is 2. The number of ether oxygens (including phenoxy) is 2. The van der Waals surface area contributed by atoms with Crippen LogP contribution in [0.4, 0.5) is 0 Å². The number of hydrazone groups is 1. The third-order valence-electron chi connectivity index (χ3n) is 2.70. The van der Waals surface area contributed by atoms with Gasteiger partial charge in [0.2, 0.25) is 5.91 Å². The van der Waals surface area contributed by atoms with Crippen molar-refractivity contribution in [2.75, 3.05) is 14.2 Å². The number of amides is 1. The summed E-state index contributed by atoms with van der Waals surface area (Å²) in [7, 11) is 3.15. The van der Waals surface area contributed by atoms with Crippen LogP contribution in [0.5, 0.6) is 11.5 Å². The molecule has 0 atom stereocenters. The molecule has 5 nitrogen and oxygen atoms in total. The Kier molecular flexibility index (Phi) is 2.99. The van der Waals surface area contributed by atoms with Gasteiger partial charge in [0.15, 0.2) is 11.5 Å². The molecule has 5 heteroatoms. The maximum Gasteiger partial charge on any atom is 0.244 e. The summed E-state index contributed by atoms with van der Waals surface area (Å²) in [5.41, 5.74) is 5.03. The Morgan fingerprint density at radius 3 is 2.53 bits per heavy atom. The molecule has 1 aliphatic rings. The summed E-state index contributed by atoms with van der Waals surface area (Å²) in [4.78, 5) is 11.5. The van der Waals surface area contributed by atoms with E-state index in [0.717, 1.165) is 16.8 Å². The lowest BCUT2D eigenvalue weighted by molar-refractivity contribution is -0.120. The van der Waals surface area contributed by atoms with Crippen molar-refractivity contribution >= 4 is 11.6 Å². The Morgan fingerprint density at radius 1 is 1.24 bits per heavy atom. The highest BCUT2D eigenvalue weighted by molar-refractivity contribution is 6.03. The second-order valence-electron chi connectivity index (χ2n) is 3.77. The lowest BCUT2D eigenvalue weighted by atomic mass is 10.0. The zero-order chi connectivity index (χ0) is 12.4. The van der Waals surface area contributed by atoms with Crippen LogP contribution < -0.4 is 14.9 Å². The molecule has 0 radical (unpaired) electrons. The molecular formula is C12H14N2O3. The third kappa shape index (κ3) is 2.08. The second kappa shape index (κ2) is 4.45.